The van der Waals surface area contributed by atoms with Crippen molar-refractivity contribution < 1.29 is 9.53 Å². The number of rotatable bonds is 9. The molecule has 1 aliphatic rings. The van der Waals surface area contributed by atoms with Gasteiger partial charge in [0.25, 0.3) is 0 Å². The molecule has 0 amide bonds. The molecule has 24 heavy (non-hydrogen) atoms. The summed E-state index contributed by atoms with van der Waals surface area (Å²) in [6.45, 7) is 6.19. The van der Waals surface area contributed by atoms with Crippen molar-refractivity contribution in [3.63, 3.8) is 0 Å². The maximum Gasteiger partial charge on any atom is 0.305 e. The Morgan fingerprint density at radius 1 is 1.12 bits per heavy atom. The van der Waals surface area contributed by atoms with Crippen LogP contribution in [-0.2, 0) is 9.53 Å². The van der Waals surface area contributed by atoms with Crippen molar-refractivity contribution in [2.24, 2.45) is 10.9 Å². The van der Waals surface area contributed by atoms with Gasteiger partial charge in [-0.1, -0.05) is 19.8 Å². The zero-order valence-corrected chi connectivity index (χ0v) is 17.9. The minimum atomic E-state index is -0.108. The van der Waals surface area contributed by atoms with E-state index in [2.05, 4.69) is 34.2 Å². The molecule has 0 unspecified atom stereocenters. The molecule has 0 heterocycles. The SMILES string of the molecule is CCNC(=NCCCCCCC(=O)OC)NC1CCC(C)CC1.I. The second-order valence-electron chi connectivity index (χ2n) is 6.60. The molecule has 1 fully saturated rings. The molecule has 6 heteroatoms. The number of carbonyl (C=O) groups excluding carboxylic acids is 1. The fraction of sp³-hybridized carbons (Fsp3) is 0.889. The number of methoxy groups -OCH3 is 1. The number of halogens is 1. The van der Waals surface area contributed by atoms with E-state index in [1.807, 2.05) is 0 Å². The molecule has 1 aliphatic carbocycles. The maximum absolute atomic E-state index is 11.0. The Kier molecular flexibility index (Phi) is 14.5. The molecule has 0 saturated heterocycles. The van der Waals surface area contributed by atoms with Gasteiger partial charge < -0.3 is 15.4 Å². The quantitative estimate of drug-likeness (QED) is 0.183. The van der Waals surface area contributed by atoms with Gasteiger partial charge in [-0.05, 0) is 51.4 Å². The lowest BCUT2D eigenvalue weighted by atomic mass is 9.87. The molecular formula is C18H36IN3O2. The number of esters is 1. The number of guanidine groups is 1. The number of hydrogen-bond acceptors (Lipinski definition) is 3. The van der Waals surface area contributed by atoms with Crippen molar-refractivity contribution >= 4 is 35.9 Å². The molecule has 0 spiro atoms. The standard InChI is InChI=1S/C18H35N3O2.HI/c1-4-19-18(21-16-12-10-15(2)11-13-16)20-14-8-6-5-7-9-17(22)23-3;/h15-16H,4-14H2,1-3H3,(H2,19,20,21);1H. The molecule has 1 saturated carbocycles. The topological polar surface area (TPSA) is 62.7 Å². The lowest BCUT2D eigenvalue weighted by molar-refractivity contribution is -0.140. The van der Waals surface area contributed by atoms with Crippen LogP contribution >= 0.6 is 24.0 Å². The highest BCUT2D eigenvalue weighted by atomic mass is 127. The van der Waals surface area contributed by atoms with Crippen LogP contribution in [-0.4, -0.2) is 38.2 Å². The van der Waals surface area contributed by atoms with Crippen LogP contribution in [0.5, 0.6) is 0 Å². The average molecular weight is 453 g/mol. The van der Waals surface area contributed by atoms with E-state index in [0.29, 0.717) is 12.5 Å². The predicted molar refractivity (Wildman–Crippen MR) is 111 cm³/mol. The molecule has 142 valence electrons. The molecule has 0 radical (unpaired) electrons. The Morgan fingerprint density at radius 3 is 2.42 bits per heavy atom. The lowest BCUT2D eigenvalue weighted by Gasteiger charge is -2.28. The van der Waals surface area contributed by atoms with Crippen LogP contribution in [0.15, 0.2) is 4.99 Å². The Morgan fingerprint density at radius 2 is 1.79 bits per heavy atom. The fourth-order valence-corrected chi connectivity index (χ4v) is 2.95. The summed E-state index contributed by atoms with van der Waals surface area (Å²) >= 11 is 0. The lowest BCUT2D eigenvalue weighted by Crippen LogP contribution is -2.44. The van der Waals surface area contributed by atoms with E-state index in [1.165, 1.54) is 32.8 Å². The van der Waals surface area contributed by atoms with Crippen LogP contribution in [0.2, 0.25) is 0 Å². The van der Waals surface area contributed by atoms with Gasteiger partial charge in [-0.25, -0.2) is 0 Å². The summed E-state index contributed by atoms with van der Waals surface area (Å²) in [5.74, 6) is 1.72. The predicted octanol–water partition coefficient (Wildman–Crippen LogP) is 3.86. The van der Waals surface area contributed by atoms with Crippen molar-refractivity contribution in [2.45, 2.75) is 77.7 Å². The van der Waals surface area contributed by atoms with Crippen molar-refractivity contribution in [1.29, 1.82) is 0 Å². The van der Waals surface area contributed by atoms with E-state index in [4.69, 9.17) is 0 Å². The Hall–Kier alpha value is -0.530. The van der Waals surface area contributed by atoms with E-state index in [9.17, 15) is 4.79 Å². The molecule has 0 aliphatic heterocycles. The van der Waals surface area contributed by atoms with Gasteiger partial charge >= 0.3 is 5.97 Å². The zero-order chi connectivity index (χ0) is 16.9. The first kappa shape index (κ1) is 23.5. The van der Waals surface area contributed by atoms with E-state index in [-0.39, 0.29) is 29.9 Å². The van der Waals surface area contributed by atoms with E-state index in [1.54, 1.807) is 0 Å². The minimum Gasteiger partial charge on any atom is -0.469 e. The molecule has 5 nitrogen and oxygen atoms in total. The third-order valence-electron chi connectivity index (χ3n) is 4.49. The zero-order valence-electron chi connectivity index (χ0n) is 15.6. The normalized spacial score (nSPS) is 20.9. The molecule has 0 aromatic rings. The van der Waals surface area contributed by atoms with Crippen molar-refractivity contribution in [3.05, 3.63) is 0 Å². The number of nitrogens with one attached hydrogen (secondary N) is 2. The molecular weight excluding hydrogens is 417 g/mol. The molecule has 0 aromatic carbocycles. The second kappa shape index (κ2) is 14.8. The molecule has 0 bridgehead atoms. The van der Waals surface area contributed by atoms with E-state index >= 15 is 0 Å². The highest BCUT2D eigenvalue weighted by Crippen LogP contribution is 2.23. The Labute approximate surface area is 164 Å². The Balaban J connectivity index is 0.00000529. The van der Waals surface area contributed by atoms with E-state index in [0.717, 1.165) is 50.7 Å². The van der Waals surface area contributed by atoms with Gasteiger partial charge in [0.05, 0.1) is 7.11 Å². The smallest absolute Gasteiger partial charge is 0.305 e. The summed E-state index contributed by atoms with van der Waals surface area (Å²) in [6.07, 6.45) is 9.82. The van der Waals surface area contributed by atoms with Crippen LogP contribution < -0.4 is 10.6 Å². The van der Waals surface area contributed by atoms with Gasteiger partial charge in [0.2, 0.25) is 0 Å². The first-order valence-electron chi connectivity index (χ1n) is 9.27. The minimum absolute atomic E-state index is 0. The monoisotopic (exact) mass is 453 g/mol. The first-order valence-corrected chi connectivity index (χ1v) is 9.27. The Bertz CT molecular complexity index is 356. The number of nitrogens with zero attached hydrogens (tertiary/aromatic N) is 1. The van der Waals surface area contributed by atoms with Gasteiger partial charge in [-0.15, -0.1) is 24.0 Å². The average Bonchev–Trinajstić information content (AvgIpc) is 2.55. The number of ether oxygens (including phenoxy) is 1. The highest BCUT2D eigenvalue weighted by Gasteiger charge is 2.18. The number of aliphatic imine (C=N–C) groups is 1. The van der Waals surface area contributed by atoms with Crippen LogP contribution in [0.25, 0.3) is 0 Å². The second-order valence-corrected chi connectivity index (χ2v) is 6.60. The molecule has 0 atom stereocenters. The van der Waals surface area contributed by atoms with Crippen LogP contribution in [0.1, 0.15) is 71.6 Å². The van der Waals surface area contributed by atoms with E-state index < -0.39 is 0 Å². The van der Waals surface area contributed by atoms with Crippen molar-refractivity contribution in [3.8, 4) is 0 Å². The van der Waals surface area contributed by atoms with Gasteiger partial charge in [0, 0.05) is 25.6 Å². The molecule has 2 N–H and O–H groups in total. The summed E-state index contributed by atoms with van der Waals surface area (Å²) in [5.41, 5.74) is 0. The third-order valence-corrected chi connectivity index (χ3v) is 4.49. The van der Waals surface area contributed by atoms with Gasteiger partial charge in [-0.3, -0.25) is 9.79 Å². The molecule has 0 aromatic heterocycles. The highest BCUT2D eigenvalue weighted by molar-refractivity contribution is 14.0. The largest absolute Gasteiger partial charge is 0.469 e. The third kappa shape index (κ3) is 11.1. The van der Waals surface area contributed by atoms with Gasteiger partial charge in [-0.2, -0.15) is 0 Å². The van der Waals surface area contributed by atoms with Crippen LogP contribution in [0.4, 0.5) is 0 Å². The first-order chi connectivity index (χ1) is 11.2. The van der Waals surface area contributed by atoms with Gasteiger partial charge in [0.15, 0.2) is 5.96 Å². The van der Waals surface area contributed by atoms with Crippen molar-refractivity contribution in [2.75, 3.05) is 20.2 Å². The summed E-state index contributed by atoms with van der Waals surface area (Å²) < 4.78 is 4.64. The fourth-order valence-electron chi connectivity index (χ4n) is 2.95. The maximum atomic E-state index is 11.0. The number of unbranched alkanes of at least 4 members (excludes halogenated alkanes) is 3. The van der Waals surface area contributed by atoms with Crippen LogP contribution in [0, 0.1) is 5.92 Å². The summed E-state index contributed by atoms with van der Waals surface area (Å²) in [6, 6.07) is 0.573. The van der Waals surface area contributed by atoms with Crippen LogP contribution in [0.3, 0.4) is 0 Å². The summed E-state index contributed by atoms with van der Waals surface area (Å²) in [5, 5.41) is 6.92. The number of hydrogen-bond donors (Lipinski definition) is 2. The molecule has 1 rings (SSSR count). The summed E-state index contributed by atoms with van der Waals surface area (Å²) in [7, 11) is 1.44. The number of carbonyl (C=O) groups is 1. The van der Waals surface area contributed by atoms with Gasteiger partial charge in [0.1, 0.15) is 0 Å². The van der Waals surface area contributed by atoms with Crippen molar-refractivity contribution in [1.82, 2.24) is 10.6 Å². The summed E-state index contributed by atoms with van der Waals surface area (Å²) in [4.78, 5) is 15.7.